The minimum absolute atomic E-state index is 0.175. The van der Waals surface area contributed by atoms with Crippen LogP contribution in [0.1, 0.15) is 32.7 Å². The molecule has 6 aromatic rings. The van der Waals surface area contributed by atoms with Crippen molar-refractivity contribution < 1.29 is 14.0 Å². The Labute approximate surface area is 250 Å². The van der Waals surface area contributed by atoms with E-state index >= 15 is 0 Å². The predicted octanol–water partition coefficient (Wildman–Crippen LogP) is 6.74. The molecule has 0 spiro atoms. The van der Waals surface area contributed by atoms with Gasteiger partial charge in [-0.3, -0.25) is 14.5 Å². The summed E-state index contributed by atoms with van der Waals surface area (Å²) in [6.45, 7) is 0.409. The number of nitrogens with zero attached hydrogens (tertiary/aromatic N) is 3. The number of oxazole rings is 1. The lowest BCUT2D eigenvalue weighted by molar-refractivity contribution is -0.122. The number of carbonyl (C=O) groups excluding carboxylic acids is 2. The minimum atomic E-state index is -0.975. The number of hydrogen-bond acceptors (Lipinski definition) is 7. The molecule has 0 saturated carbocycles. The molecule has 42 heavy (non-hydrogen) atoms. The van der Waals surface area contributed by atoms with Gasteiger partial charge in [-0.2, -0.15) is 0 Å². The third-order valence-electron chi connectivity index (χ3n) is 6.80. The maximum Gasteiger partial charge on any atom is 0.278 e. The third-order valence-corrected chi connectivity index (χ3v) is 8.55. The second-order valence-corrected chi connectivity index (χ2v) is 11.2. The zero-order valence-electron chi connectivity index (χ0n) is 22.3. The van der Waals surface area contributed by atoms with Crippen LogP contribution in [0.2, 0.25) is 0 Å². The molecular weight excluding hydrogens is 565 g/mol. The standard InChI is InChI=1S/C33H24N4O3S2/c1-2-30-36-27(20-42-30)33(39)37(24-14-12-23(13-15-24)28-18-34-21-40-28)31(26-19-41-29-11-7-6-10-25(26)29)32(38)35-17-16-22-8-4-3-5-9-22/h1,3-15,18-21,31H,16-17H2,(H,35,38). The fourth-order valence-electron chi connectivity index (χ4n) is 4.77. The molecule has 1 N–H and O–H groups in total. The highest BCUT2D eigenvalue weighted by atomic mass is 32.1. The lowest BCUT2D eigenvalue weighted by Crippen LogP contribution is -2.44. The minimum Gasteiger partial charge on any atom is -0.444 e. The van der Waals surface area contributed by atoms with E-state index in [1.807, 2.05) is 72.1 Å². The summed E-state index contributed by atoms with van der Waals surface area (Å²) in [6, 6.07) is 24.1. The van der Waals surface area contributed by atoms with Gasteiger partial charge in [0.05, 0.1) is 6.20 Å². The smallest absolute Gasteiger partial charge is 0.278 e. The number of anilines is 1. The second kappa shape index (κ2) is 12.2. The lowest BCUT2D eigenvalue weighted by Gasteiger charge is -2.31. The van der Waals surface area contributed by atoms with Gasteiger partial charge in [-0.05, 0) is 59.0 Å². The number of terminal acetylenes is 1. The van der Waals surface area contributed by atoms with Crippen molar-refractivity contribution >= 4 is 50.3 Å². The van der Waals surface area contributed by atoms with E-state index in [1.165, 1.54) is 34.0 Å². The Hall–Kier alpha value is -5.04. The molecule has 0 radical (unpaired) electrons. The van der Waals surface area contributed by atoms with Gasteiger partial charge in [0.2, 0.25) is 5.91 Å². The van der Waals surface area contributed by atoms with Crippen LogP contribution in [0.4, 0.5) is 5.69 Å². The summed E-state index contributed by atoms with van der Waals surface area (Å²) in [6.07, 6.45) is 9.20. The molecule has 0 saturated heterocycles. The Balaban J connectivity index is 1.43. The summed E-state index contributed by atoms with van der Waals surface area (Å²) in [5.74, 6) is 2.36. The molecule has 206 valence electrons. The summed E-state index contributed by atoms with van der Waals surface area (Å²) < 4.78 is 6.46. The Kier molecular flexibility index (Phi) is 7.90. The van der Waals surface area contributed by atoms with Crippen molar-refractivity contribution in [3.05, 3.63) is 124 Å². The van der Waals surface area contributed by atoms with Crippen molar-refractivity contribution in [3.63, 3.8) is 0 Å². The van der Waals surface area contributed by atoms with E-state index in [1.54, 1.807) is 23.7 Å². The number of hydrogen-bond donors (Lipinski definition) is 1. The van der Waals surface area contributed by atoms with E-state index in [9.17, 15) is 9.59 Å². The largest absolute Gasteiger partial charge is 0.444 e. The normalized spacial score (nSPS) is 11.6. The highest BCUT2D eigenvalue weighted by Gasteiger charge is 2.36. The molecule has 1 atom stereocenters. The molecule has 3 heterocycles. The monoisotopic (exact) mass is 588 g/mol. The number of thiazole rings is 1. The third kappa shape index (κ3) is 5.59. The number of amides is 2. The topological polar surface area (TPSA) is 88.3 Å². The van der Waals surface area contributed by atoms with Gasteiger partial charge in [-0.15, -0.1) is 29.1 Å². The van der Waals surface area contributed by atoms with E-state index in [-0.39, 0.29) is 11.6 Å². The highest BCUT2D eigenvalue weighted by molar-refractivity contribution is 7.17. The van der Waals surface area contributed by atoms with Crippen LogP contribution in [0.3, 0.4) is 0 Å². The molecule has 3 aromatic heterocycles. The van der Waals surface area contributed by atoms with Crippen LogP contribution in [0, 0.1) is 12.3 Å². The Morgan fingerprint density at radius 1 is 0.976 bits per heavy atom. The summed E-state index contributed by atoms with van der Waals surface area (Å²) in [4.78, 5) is 38.3. The predicted molar refractivity (Wildman–Crippen MR) is 167 cm³/mol. The van der Waals surface area contributed by atoms with Crippen LogP contribution in [-0.2, 0) is 11.2 Å². The fraction of sp³-hybridized carbons (Fsp3) is 0.0909. The van der Waals surface area contributed by atoms with Crippen LogP contribution in [-0.4, -0.2) is 28.3 Å². The fourth-order valence-corrected chi connectivity index (χ4v) is 6.34. The second-order valence-electron chi connectivity index (χ2n) is 9.39. The Morgan fingerprint density at radius 3 is 2.50 bits per heavy atom. The molecular formula is C33H24N4O3S2. The van der Waals surface area contributed by atoms with Crippen molar-refractivity contribution in [2.24, 2.45) is 0 Å². The Bertz CT molecular complexity index is 1870. The van der Waals surface area contributed by atoms with Gasteiger partial charge in [0.15, 0.2) is 17.2 Å². The quantitative estimate of drug-likeness (QED) is 0.189. The number of thiophene rings is 1. The summed E-state index contributed by atoms with van der Waals surface area (Å²) in [7, 11) is 0. The number of benzene rings is 3. The maximum absolute atomic E-state index is 14.3. The van der Waals surface area contributed by atoms with Crippen LogP contribution in [0.25, 0.3) is 21.4 Å². The summed E-state index contributed by atoms with van der Waals surface area (Å²) in [5.41, 5.74) is 3.33. The molecule has 3 aromatic carbocycles. The zero-order chi connectivity index (χ0) is 28.9. The van der Waals surface area contributed by atoms with E-state index in [2.05, 4.69) is 21.2 Å². The van der Waals surface area contributed by atoms with Gasteiger partial charge in [-0.25, -0.2) is 9.97 Å². The van der Waals surface area contributed by atoms with Crippen molar-refractivity contribution in [1.29, 1.82) is 0 Å². The average molecular weight is 589 g/mol. The molecule has 0 aliphatic heterocycles. The number of aromatic nitrogens is 2. The van der Waals surface area contributed by atoms with Crippen molar-refractivity contribution in [3.8, 4) is 23.7 Å². The van der Waals surface area contributed by atoms with Crippen LogP contribution < -0.4 is 10.2 Å². The molecule has 7 nitrogen and oxygen atoms in total. The van der Waals surface area contributed by atoms with Crippen LogP contribution >= 0.6 is 22.7 Å². The van der Waals surface area contributed by atoms with Gasteiger partial charge < -0.3 is 9.73 Å². The van der Waals surface area contributed by atoms with Gasteiger partial charge in [0.1, 0.15) is 11.7 Å². The van der Waals surface area contributed by atoms with E-state index in [4.69, 9.17) is 10.8 Å². The van der Waals surface area contributed by atoms with Crippen molar-refractivity contribution in [2.45, 2.75) is 12.5 Å². The number of rotatable bonds is 9. The van der Waals surface area contributed by atoms with Gasteiger partial charge >= 0.3 is 0 Å². The number of nitrogens with one attached hydrogen (secondary N) is 1. The van der Waals surface area contributed by atoms with Crippen LogP contribution in [0.5, 0.6) is 0 Å². The first-order valence-corrected chi connectivity index (χ1v) is 14.9. The van der Waals surface area contributed by atoms with E-state index in [0.717, 1.165) is 26.8 Å². The molecule has 9 heteroatoms. The van der Waals surface area contributed by atoms with Gasteiger partial charge in [-0.1, -0.05) is 48.5 Å². The molecule has 0 aliphatic carbocycles. The van der Waals surface area contributed by atoms with Crippen molar-refractivity contribution in [1.82, 2.24) is 15.3 Å². The van der Waals surface area contributed by atoms with Gasteiger partial charge in [0.25, 0.3) is 5.91 Å². The number of fused-ring (bicyclic) bond motifs is 1. The molecule has 0 bridgehead atoms. The first kappa shape index (κ1) is 27.1. The highest BCUT2D eigenvalue weighted by Crippen LogP contribution is 2.37. The van der Waals surface area contributed by atoms with Crippen molar-refractivity contribution in [2.75, 3.05) is 11.4 Å². The molecule has 1 unspecified atom stereocenters. The average Bonchev–Trinajstić information content (AvgIpc) is 3.82. The zero-order valence-corrected chi connectivity index (χ0v) is 23.9. The first-order valence-electron chi connectivity index (χ1n) is 13.1. The van der Waals surface area contributed by atoms with E-state index in [0.29, 0.717) is 29.4 Å². The molecule has 2 amide bonds. The van der Waals surface area contributed by atoms with Gasteiger partial charge in [0, 0.05) is 33.4 Å². The lowest BCUT2D eigenvalue weighted by atomic mass is 10.0. The molecule has 0 fully saturated rings. The molecule has 0 aliphatic rings. The maximum atomic E-state index is 14.3. The summed E-state index contributed by atoms with van der Waals surface area (Å²) in [5, 5.41) is 7.96. The number of carbonyl (C=O) groups is 2. The van der Waals surface area contributed by atoms with E-state index < -0.39 is 11.9 Å². The summed E-state index contributed by atoms with van der Waals surface area (Å²) >= 11 is 2.74. The first-order chi connectivity index (χ1) is 20.6. The Morgan fingerprint density at radius 2 is 1.76 bits per heavy atom. The van der Waals surface area contributed by atoms with Crippen LogP contribution in [0.15, 0.2) is 107 Å². The molecule has 6 rings (SSSR count). The SMILES string of the molecule is C#Cc1nc(C(=O)N(c2ccc(-c3cnco3)cc2)C(C(=O)NCCc2ccccc2)c2csc3ccccc23)cs1.